The molecule has 0 bridgehead atoms. The van der Waals surface area contributed by atoms with E-state index in [0.717, 1.165) is 16.9 Å². The second-order valence-electron chi connectivity index (χ2n) is 4.82. The molecule has 0 amide bonds. The lowest BCUT2D eigenvalue weighted by molar-refractivity contribution is 0.607. The van der Waals surface area contributed by atoms with Crippen LogP contribution in [-0.2, 0) is 0 Å². The van der Waals surface area contributed by atoms with Crippen molar-refractivity contribution in [1.29, 1.82) is 0 Å². The first-order valence-corrected chi connectivity index (χ1v) is 6.87. The summed E-state index contributed by atoms with van der Waals surface area (Å²) in [6, 6.07) is 12.9. The molecule has 1 N–H and O–H groups in total. The summed E-state index contributed by atoms with van der Waals surface area (Å²) < 4.78 is 1.13. The van der Waals surface area contributed by atoms with Crippen LogP contribution in [-0.4, -0.2) is 6.54 Å². The molecular formula is C15H18BrN. The largest absolute Gasteiger partial charge is 0.385 e. The molecule has 0 aliphatic heterocycles. The molecule has 0 aromatic heterocycles. The standard InChI is InChI=1S/C15H18BrN/c1-11(2)7-8-17-15-6-4-12-9-14(16)5-3-13(12)10-15/h3-6,9-11,17H,7-8H2,1-2H3. The average molecular weight is 292 g/mol. The highest BCUT2D eigenvalue weighted by molar-refractivity contribution is 9.10. The zero-order valence-electron chi connectivity index (χ0n) is 10.3. The molecule has 0 radical (unpaired) electrons. The van der Waals surface area contributed by atoms with E-state index >= 15 is 0 Å². The summed E-state index contributed by atoms with van der Waals surface area (Å²) in [5.74, 6) is 0.749. The first kappa shape index (κ1) is 12.4. The highest BCUT2D eigenvalue weighted by Gasteiger charge is 1.98. The molecule has 0 aliphatic carbocycles. The predicted octanol–water partition coefficient (Wildman–Crippen LogP) is 5.06. The quantitative estimate of drug-likeness (QED) is 0.830. The van der Waals surface area contributed by atoms with Crippen molar-refractivity contribution in [2.45, 2.75) is 20.3 Å². The second-order valence-corrected chi connectivity index (χ2v) is 5.73. The highest BCUT2D eigenvalue weighted by atomic mass is 79.9. The fourth-order valence-corrected chi connectivity index (χ4v) is 2.21. The summed E-state index contributed by atoms with van der Waals surface area (Å²) in [5, 5.41) is 6.02. The highest BCUT2D eigenvalue weighted by Crippen LogP contribution is 2.23. The molecule has 0 heterocycles. The summed E-state index contributed by atoms with van der Waals surface area (Å²) >= 11 is 3.49. The van der Waals surface area contributed by atoms with Crippen molar-refractivity contribution in [1.82, 2.24) is 0 Å². The van der Waals surface area contributed by atoms with Gasteiger partial charge in [-0.15, -0.1) is 0 Å². The van der Waals surface area contributed by atoms with Gasteiger partial charge in [-0.2, -0.15) is 0 Å². The van der Waals surface area contributed by atoms with Crippen molar-refractivity contribution in [3.05, 3.63) is 40.9 Å². The maximum atomic E-state index is 3.49. The molecule has 0 spiro atoms. The Labute approximate surface area is 111 Å². The fourth-order valence-electron chi connectivity index (χ4n) is 1.83. The molecule has 0 saturated carbocycles. The van der Waals surface area contributed by atoms with E-state index < -0.39 is 0 Å². The van der Waals surface area contributed by atoms with Crippen LogP contribution in [0.2, 0.25) is 0 Å². The lowest BCUT2D eigenvalue weighted by Crippen LogP contribution is -2.04. The van der Waals surface area contributed by atoms with Crippen LogP contribution >= 0.6 is 15.9 Å². The van der Waals surface area contributed by atoms with Gasteiger partial charge in [0.25, 0.3) is 0 Å². The molecule has 2 aromatic rings. The molecular weight excluding hydrogens is 274 g/mol. The van der Waals surface area contributed by atoms with E-state index in [4.69, 9.17) is 0 Å². The van der Waals surface area contributed by atoms with Gasteiger partial charge in [0.05, 0.1) is 0 Å². The summed E-state index contributed by atoms with van der Waals surface area (Å²) in [6.07, 6.45) is 1.21. The van der Waals surface area contributed by atoms with E-state index in [1.165, 1.54) is 22.9 Å². The normalized spacial score (nSPS) is 11.1. The van der Waals surface area contributed by atoms with Gasteiger partial charge in [-0.3, -0.25) is 0 Å². The van der Waals surface area contributed by atoms with Crippen molar-refractivity contribution in [2.24, 2.45) is 5.92 Å². The van der Waals surface area contributed by atoms with E-state index in [1.54, 1.807) is 0 Å². The zero-order chi connectivity index (χ0) is 12.3. The van der Waals surface area contributed by atoms with Gasteiger partial charge in [0, 0.05) is 16.7 Å². The van der Waals surface area contributed by atoms with Crippen molar-refractivity contribution in [3.8, 4) is 0 Å². The SMILES string of the molecule is CC(C)CCNc1ccc2cc(Br)ccc2c1. The molecule has 2 aromatic carbocycles. The minimum atomic E-state index is 0.749. The summed E-state index contributed by atoms with van der Waals surface area (Å²) in [4.78, 5) is 0. The van der Waals surface area contributed by atoms with Crippen molar-refractivity contribution < 1.29 is 0 Å². The van der Waals surface area contributed by atoms with Crippen LogP contribution in [0.4, 0.5) is 5.69 Å². The van der Waals surface area contributed by atoms with Gasteiger partial charge in [-0.05, 0) is 47.4 Å². The van der Waals surface area contributed by atoms with Gasteiger partial charge in [0.1, 0.15) is 0 Å². The topological polar surface area (TPSA) is 12.0 Å². The van der Waals surface area contributed by atoms with Crippen LogP contribution in [0, 0.1) is 5.92 Å². The number of hydrogen-bond donors (Lipinski definition) is 1. The Balaban J connectivity index is 2.12. The third-order valence-electron chi connectivity index (χ3n) is 2.85. The molecule has 0 saturated heterocycles. The maximum Gasteiger partial charge on any atom is 0.0346 e. The molecule has 2 rings (SSSR count). The smallest absolute Gasteiger partial charge is 0.0346 e. The van der Waals surface area contributed by atoms with Gasteiger partial charge in [-0.25, -0.2) is 0 Å². The zero-order valence-corrected chi connectivity index (χ0v) is 11.9. The summed E-state index contributed by atoms with van der Waals surface area (Å²) in [5.41, 5.74) is 1.21. The van der Waals surface area contributed by atoms with Gasteiger partial charge in [-0.1, -0.05) is 41.9 Å². The van der Waals surface area contributed by atoms with Crippen molar-refractivity contribution in [2.75, 3.05) is 11.9 Å². The number of halogens is 1. The summed E-state index contributed by atoms with van der Waals surface area (Å²) in [7, 11) is 0. The number of fused-ring (bicyclic) bond motifs is 1. The Morgan fingerprint density at radius 1 is 1.06 bits per heavy atom. The lowest BCUT2D eigenvalue weighted by atomic mass is 10.1. The first-order chi connectivity index (χ1) is 8.15. The van der Waals surface area contributed by atoms with Crippen LogP contribution < -0.4 is 5.32 Å². The Kier molecular flexibility index (Phi) is 4.06. The predicted molar refractivity (Wildman–Crippen MR) is 79.6 cm³/mol. The van der Waals surface area contributed by atoms with E-state index in [0.29, 0.717) is 0 Å². The molecule has 17 heavy (non-hydrogen) atoms. The minimum absolute atomic E-state index is 0.749. The second kappa shape index (κ2) is 5.54. The molecule has 0 aliphatic rings. The van der Waals surface area contributed by atoms with Crippen LogP contribution in [0.15, 0.2) is 40.9 Å². The number of hydrogen-bond acceptors (Lipinski definition) is 1. The van der Waals surface area contributed by atoms with Crippen molar-refractivity contribution >= 4 is 32.4 Å². The number of benzene rings is 2. The lowest BCUT2D eigenvalue weighted by Gasteiger charge is -2.09. The van der Waals surface area contributed by atoms with E-state index in [-0.39, 0.29) is 0 Å². The Morgan fingerprint density at radius 3 is 2.53 bits per heavy atom. The number of nitrogens with one attached hydrogen (secondary N) is 1. The van der Waals surface area contributed by atoms with Crippen LogP contribution in [0.3, 0.4) is 0 Å². The van der Waals surface area contributed by atoms with Gasteiger partial charge in [0.15, 0.2) is 0 Å². The third-order valence-corrected chi connectivity index (χ3v) is 3.35. The van der Waals surface area contributed by atoms with Crippen molar-refractivity contribution in [3.63, 3.8) is 0 Å². The molecule has 2 heteroatoms. The van der Waals surface area contributed by atoms with Gasteiger partial charge >= 0.3 is 0 Å². The molecule has 0 fully saturated rings. The molecule has 1 nitrogen and oxygen atoms in total. The maximum absolute atomic E-state index is 3.49. The van der Waals surface area contributed by atoms with Crippen LogP contribution in [0.5, 0.6) is 0 Å². The molecule has 0 atom stereocenters. The van der Waals surface area contributed by atoms with Gasteiger partial charge < -0.3 is 5.32 Å². The van der Waals surface area contributed by atoms with E-state index in [1.807, 2.05) is 0 Å². The van der Waals surface area contributed by atoms with E-state index in [9.17, 15) is 0 Å². The van der Waals surface area contributed by atoms with Crippen LogP contribution in [0.1, 0.15) is 20.3 Å². The third kappa shape index (κ3) is 3.47. The molecule has 0 unspecified atom stereocenters. The Bertz CT molecular complexity index is 505. The minimum Gasteiger partial charge on any atom is -0.385 e. The monoisotopic (exact) mass is 291 g/mol. The number of rotatable bonds is 4. The van der Waals surface area contributed by atoms with Gasteiger partial charge in [0.2, 0.25) is 0 Å². The van der Waals surface area contributed by atoms with E-state index in [2.05, 4.69) is 71.5 Å². The van der Waals surface area contributed by atoms with Crippen LogP contribution in [0.25, 0.3) is 10.8 Å². The fraction of sp³-hybridized carbons (Fsp3) is 0.333. The molecule has 90 valence electrons. The first-order valence-electron chi connectivity index (χ1n) is 6.08. The Hall–Kier alpha value is -1.02. The summed E-state index contributed by atoms with van der Waals surface area (Å²) in [6.45, 7) is 5.54. The number of anilines is 1. The average Bonchev–Trinajstić information content (AvgIpc) is 2.29. The Morgan fingerprint density at radius 2 is 1.76 bits per heavy atom.